The summed E-state index contributed by atoms with van der Waals surface area (Å²) in [6.45, 7) is 8.82. The van der Waals surface area contributed by atoms with E-state index >= 15 is 0 Å². The van der Waals surface area contributed by atoms with Crippen LogP contribution in [0.1, 0.15) is 25.8 Å². The third kappa shape index (κ3) is 5.03. The van der Waals surface area contributed by atoms with Gasteiger partial charge < -0.3 is 24.8 Å². The Balaban J connectivity index is 2.03. The first kappa shape index (κ1) is 18.4. The lowest BCUT2D eigenvalue weighted by Gasteiger charge is -2.21. The summed E-state index contributed by atoms with van der Waals surface area (Å²) >= 11 is 0. The molecule has 1 aromatic rings. The number of phenolic OH excluding ortho intramolecular Hbond substituents is 1. The molecule has 0 spiro atoms. The number of benzene rings is 1. The Bertz CT molecular complexity index is 548. The van der Waals surface area contributed by atoms with Crippen LogP contribution in [0.15, 0.2) is 23.2 Å². The summed E-state index contributed by atoms with van der Waals surface area (Å²) in [6, 6.07) is 5.21. The molecule has 1 fully saturated rings. The average Bonchev–Trinajstić information content (AvgIpc) is 3.06. The van der Waals surface area contributed by atoms with E-state index in [1.165, 1.54) is 0 Å². The van der Waals surface area contributed by atoms with Crippen LogP contribution in [-0.2, 0) is 11.3 Å². The predicted molar refractivity (Wildman–Crippen MR) is 95.6 cm³/mol. The molecule has 1 aliphatic heterocycles. The lowest BCUT2D eigenvalue weighted by molar-refractivity contribution is 0.114. The lowest BCUT2D eigenvalue weighted by atomic mass is 10.1. The smallest absolute Gasteiger partial charge is 0.194 e. The topological polar surface area (TPSA) is 66.3 Å². The molecular weight excluding hydrogens is 306 g/mol. The van der Waals surface area contributed by atoms with Gasteiger partial charge in [-0.15, -0.1) is 0 Å². The van der Waals surface area contributed by atoms with E-state index in [9.17, 15) is 5.11 Å². The maximum atomic E-state index is 10.0. The zero-order chi connectivity index (χ0) is 17.4. The van der Waals surface area contributed by atoms with Crippen molar-refractivity contribution in [1.82, 2.24) is 10.2 Å². The van der Waals surface area contributed by atoms with Gasteiger partial charge >= 0.3 is 0 Å². The third-order valence-electron chi connectivity index (χ3n) is 4.16. The molecule has 1 saturated heterocycles. The number of methoxy groups -OCH3 is 1. The number of ether oxygens (including phenoxy) is 2. The van der Waals surface area contributed by atoms with Gasteiger partial charge in [-0.2, -0.15) is 0 Å². The average molecular weight is 335 g/mol. The zero-order valence-electron chi connectivity index (χ0n) is 14.9. The van der Waals surface area contributed by atoms with Crippen LogP contribution in [0.5, 0.6) is 11.5 Å². The summed E-state index contributed by atoms with van der Waals surface area (Å²) in [7, 11) is 1.62. The molecule has 0 aliphatic carbocycles. The molecule has 0 bridgehead atoms. The Morgan fingerprint density at radius 1 is 1.42 bits per heavy atom. The number of aromatic hydroxyl groups is 1. The van der Waals surface area contributed by atoms with Crippen LogP contribution in [0.3, 0.4) is 0 Å². The number of nitrogens with zero attached hydrogens (tertiary/aromatic N) is 2. The van der Waals surface area contributed by atoms with Gasteiger partial charge in [0, 0.05) is 37.7 Å². The third-order valence-corrected chi connectivity index (χ3v) is 4.16. The Morgan fingerprint density at radius 2 is 2.25 bits per heavy atom. The Hall–Kier alpha value is -1.95. The monoisotopic (exact) mass is 335 g/mol. The molecule has 134 valence electrons. The van der Waals surface area contributed by atoms with Crippen molar-refractivity contribution in [3.8, 4) is 11.5 Å². The van der Waals surface area contributed by atoms with Crippen LogP contribution in [0, 0.1) is 5.92 Å². The first-order chi connectivity index (χ1) is 11.7. The minimum atomic E-state index is 0.242. The van der Waals surface area contributed by atoms with Crippen molar-refractivity contribution in [1.29, 1.82) is 0 Å². The van der Waals surface area contributed by atoms with E-state index < -0.39 is 0 Å². The van der Waals surface area contributed by atoms with Crippen LogP contribution < -0.4 is 10.1 Å². The highest BCUT2D eigenvalue weighted by Crippen LogP contribution is 2.24. The second-order valence-corrected chi connectivity index (χ2v) is 5.92. The van der Waals surface area contributed by atoms with E-state index in [0.717, 1.165) is 56.5 Å². The van der Waals surface area contributed by atoms with Crippen LogP contribution >= 0.6 is 0 Å². The van der Waals surface area contributed by atoms with Crippen molar-refractivity contribution in [3.05, 3.63) is 23.8 Å². The van der Waals surface area contributed by atoms with Crippen molar-refractivity contribution in [2.24, 2.45) is 10.9 Å². The van der Waals surface area contributed by atoms with Crippen molar-refractivity contribution in [2.75, 3.05) is 40.0 Å². The number of nitrogens with one attached hydrogen (secondary N) is 1. The Morgan fingerprint density at radius 3 is 2.96 bits per heavy atom. The van der Waals surface area contributed by atoms with Gasteiger partial charge in [-0.25, -0.2) is 4.99 Å². The molecule has 1 aromatic carbocycles. The van der Waals surface area contributed by atoms with E-state index in [-0.39, 0.29) is 5.75 Å². The van der Waals surface area contributed by atoms with Crippen LogP contribution in [0.4, 0.5) is 0 Å². The first-order valence-corrected chi connectivity index (χ1v) is 8.64. The lowest BCUT2D eigenvalue weighted by Crippen LogP contribution is -2.40. The van der Waals surface area contributed by atoms with E-state index in [1.54, 1.807) is 19.2 Å². The SMILES string of the molecule is CCNC(=NCc1cc(OC)ccc1O)N1CCC(COCC)C1. The molecule has 1 atom stereocenters. The summed E-state index contributed by atoms with van der Waals surface area (Å²) in [5.41, 5.74) is 0.759. The quantitative estimate of drug-likeness (QED) is 0.591. The molecule has 24 heavy (non-hydrogen) atoms. The fourth-order valence-corrected chi connectivity index (χ4v) is 2.85. The van der Waals surface area contributed by atoms with Gasteiger partial charge in [-0.3, -0.25) is 0 Å². The van der Waals surface area contributed by atoms with Crippen molar-refractivity contribution >= 4 is 5.96 Å². The molecule has 0 radical (unpaired) electrons. The van der Waals surface area contributed by atoms with Crippen LogP contribution in [-0.4, -0.2) is 55.9 Å². The minimum absolute atomic E-state index is 0.242. The molecule has 1 aliphatic rings. The van der Waals surface area contributed by atoms with Crippen LogP contribution in [0.2, 0.25) is 0 Å². The van der Waals surface area contributed by atoms with Crippen molar-refractivity contribution < 1.29 is 14.6 Å². The Kier molecular flexibility index (Phi) is 7.18. The molecule has 1 unspecified atom stereocenters. The minimum Gasteiger partial charge on any atom is -0.508 e. The highest BCUT2D eigenvalue weighted by Gasteiger charge is 2.24. The summed E-state index contributed by atoms with van der Waals surface area (Å²) in [6.07, 6.45) is 1.12. The second kappa shape index (κ2) is 9.37. The van der Waals surface area contributed by atoms with Gasteiger partial charge in [0.1, 0.15) is 11.5 Å². The van der Waals surface area contributed by atoms with E-state index in [1.807, 2.05) is 13.0 Å². The second-order valence-electron chi connectivity index (χ2n) is 5.92. The molecule has 1 heterocycles. The molecule has 0 aromatic heterocycles. The predicted octanol–water partition coefficient (Wildman–Crippen LogP) is 2.22. The number of likely N-dealkylation sites (tertiary alicyclic amines) is 1. The standard InChI is InChI=1S/C18H29N3O3/c1-4-19-18(21-9-8-14(12-21)13-24-5-2)20-11-15-10-16(23-3)6-7-17(15)22/h6-7,10,14,22H,4-5,8-9,11-13H2,1-3H3,(H,19,20). The maximum Gasteiger partial charge on any atom is 0.194 e. The first-order valence-electron chi connectivity index (χ1n) is 8.64. The number of guanidine groups is 1. The number of hydrogen-bond donors (Lipinski definition) is 2. The van der Waals surface area contributed by atoms with Gasteiger partial charge in [0.05, 0.1) is 20.3 Å². The number of aliphatic imine (C=N–C) groups is 1. The van der Waals surface area contributed by atoms with E-state index in [4.69, 9.17) is 14.5 Å². The summed E-state index contributed by atoms with van der Waals surface area (Å²) in [4.78, 5) is 6.96. The largest absolute Gasteiger partial charge is 0.508 e. The molecular formula is C18H29N3O3. The van der Waals surface area contributed by atoms with Crippen LogP contribution in [0.25, 0.3) is 0 Å². The van der Waals surface area contributed by atoms with Gasteiger partial charge in [0.15, 0.2) is 5.96 Å². The van der Waals surface area contributed by atoms with E-state index in [0.29, 0.717) is 12.5 Å². The fourth-order valence-electron chi connectivity index (χ4n) is 2.85. The number of hydrogen-bond acceptors (Lipinski definition) is 4. The highest BCUT2D eigenvalue weighted by atomic mass is 16.5. The van der Waals surface area contributed by atoms with Gasteiger partial charge in [-0.1, -0.05) is 0 Å². The zero-order valence-corrected chi connectivity index (χ0v) is 14.9. The fraction of sp³-hybridized carbons (Fsp3) is 0.611. The molecule has 6 heteroatoms. The van der Waals surface area contributed by atoms with E-state index in [2.05, 4.69) is 17.1 Å². The maximum absolute atomic E-state index is 10.0. The van der Waals surface area contributed by atoms with Gasteiger partial charge in [0.2, 0.25) is 0 Å². The molecule has 6 nitrogen and oxygen atoms in total. The summed E-state index contributed by atoms with van der Waals surface area (Å²) < 4.78 is 10.8. The van der Waals surface area contributed by atoms with Gasteiger partial charge in [-0.05, 0) is 38.5 Å². The summed E-state index contributed by atoms with van der Waals surface area (Å²) in [5.74, 6) is 2.41. The molecule has 0 saturated carbocycles. The molecule has 2 N–H and O–H groups in total. The Labute approximate surface area is 144 Å². The molecule has 0 amide bonds. The highest BCUT2D eigenvalue weighted by molar-refractivity contribution is 5.80. The number of phenols is 1. The number of rotatable bonds is 7. The summed E-state index contributed by atoms with van der Waals surface area (Å²) in [5, 5.41) is 13.3. The molecule has 2 rings (SSSR count). The normalized spacial score (nSPS) is 18.0. The van der Waals surface area contributed by atoms with Gasteiger partial charge in [0.25, 0.3) is 0 Å². The van der Waals surface area contributed by atoms with Crippen molar-refractivity contribution in [2.45, 2.75) is 26.8 Å². The van der Waals surface area contributed by atoms with Crippen molar-refractivity contribution in [3.63, 3.8) is 0 Å².